The Labute approximate surface area is 137 Å². The van der Waals surface area contributed by atoms with E-state index in [1.807, 2.05) is 0 Å². The van der Waals surface area contributed by atoms with Gasteiger partial charge in [0.05, 0.1) is 14.1 Å². The highest BCUT2D eigenvalue weighted by Crippen LogP contribution is 2.21. The molecule has 1 aromatic carbocycles. The summed E-state index contributed by atoms with van der Waals surface area (Å²) in [5.41, 5.74) is 3.13. The fourth-order valence-corrected chi connectivity index (χ4v) is 3.45. The van der Waals surface area contributed by atoms with E-state index in [4.69, 9.17) is 0 Å². The Morgan fingerprint density at radius 1 is 0.950 bits per heavy atom. The molecule has 0 fully saturated rings. The molecule has 0 bridgehead atoms. The van der Waals surface area contributed by atoms with Crippen LogP contribution in [0.25, 0.3) is 0 Å². The minimum atomic E-state index is 1.06. The van der Waals surface area contributed by atoms with Gasteiger partial charge in [-0.3, -0.25) is 0 Å². The van der Waals surface area contributed by atoms with Gasteiger partial charge in [-0.05, 0) is 66.0 Å². The Morgan fingerprint density at radius 3 is 2.40 bits per heavy atom. The minimum absolute atomic E-state index is 1.06. The topological polar surface area (TPSA) is 0 Å². The fraction of sp³-hybridized carbons (Fsp3) is 0.556. The summed E-state index contributed by atoms with van der Waals surface area (Å²) >= 11 is 2.37. The molecule has 0 spiro atoms. The van der Waals surface area contributed by atoms with Crippen LogP contribution in [-0.4, -0.2) is 25.1 Å². The number of likely N-dealkylation sites (N-methyl/N-ethyl adjacent to an activating group) is 1. The molecule has 0 saturated heterocycles. The third kappa shape index (κ3) is 5.57. The lowest BCUT2D eigenvalue weighted by molar-refractivity contribution is -0.899. The van der Waals surface area contributed by atoms with Crippen LogP contribution in [-0.2, 0) is 6.54 Å². The molecule has 20 heavy (non-hydrogen) atoms. The van der Waals surface area contributed by atoms with Gasteiger partial charge in [-0.15, -0.1) is 0 Å². The lowest BCUT2D eigenvalue weighted by Crippen LogP contribution is -2.40. The molecule has 2 rings (SSSR count). The van der Waals surface area contributed by atoms with Gasteiger partial charge < -0.3 is 4.48 Å². The molecule has 2 heteroatoms. The predicted octanol–water partition coefficient (Wildman–Crippen LogP) is 5.15. The molecule has 1 nitrogen and oxygen atoms in total. The molecule has 0 unspecified atom stereocenters. The monoisotopic (exact) mass is 384 g/mol. The Hall–Kier alpha value is -0.350. The van der Waals surface area contributed by atoms with E-state index in [2.05, 4.69) is 67.0 Å². The summed E-state index contributed by atoms with van der Waals surface area (Å²) in [6, 6.07) is 8.97. The molecular weight excluding hydrogens is 357 g/mol. The molecule has 1 aromatic rings. The van der Waals surface area contributed by atoms with Crippen molar-refractivity contribution in [3.05, 3.63) is 45.0 Å². The average Bonchev–Trinajstić information content (AvgIpc) is 2.35. The van der Waals surface area contributed by atoms with Crippen LogP contribution in [0.3, 0.4) is 0 Å². The zero-order chi connectivity index (χ0) is 14.4. The number of hydrogen-bond acceptors (Lipinski definition) is 0. The maximum atomic E-state index is 2.52. The van der Waals surface area contributed by atoms with Crippen LogP contribution in [0.5, 0.6) is 0 Å². The molecular formula is C18H27IN+. The second kappa shape index (κ2) is 7.60. The summed E-state index contributed by atoms with van der Waals surface area (Å²) in [6.45, 7) is 2.32. The first kappa shape index (κ1) is 16.0. The number of rotatable bonds is 4. The molecule has 1 aliphatic carbocycles. The van der Waals surface area contributed by atoms with Gasteiger partial charge >= 0.3 is 0 Å². The zero-order valence-corrected chi connectivity index (χ0v) is 15.0. The molecule has 0 radical (unpaired) electrons. The van der Waals surface area contributed by atoms with E-state index in [9.17, 15) is 0 Å². The molecule has 0 N–H and O–H groups in total. The lowest BCUT2D eigenvalue weighted by Gasteiger charge is -2.31. The number of hydrogen-bond donors (Lipinski definition) is 0. The summed E-state index contributed by atoms with van der Waals surface area (Å²) in [5.74, 6) is 0. The van der Waals surface area contributed by atoms with E-state index < -0.39 is 0 Å². The van der Waals surface area contributed by atoms with Gasteiger partial charge in [0.1, 0.15) is 13.1 Å². The van der Waals surface area contributed by atoms with Crippen molar-refractivity contribution >= 4 is 22.6 Å². The number of allylic oxidation sites excluding steroid dienone is 1. The molecule has 0 amide bonds. The lowest BCUT2D eigenvalue weighted by atomic mass is 9.99. The minimum Gasteiger partial charge on any atom is -0.321 e. The van der Waals surface area contributed by atoms with Crippen LogP contribution in [0.4, 0.5) is 0 Å². The van der Waals surface area contributed by atoms with E-state index in [1.54, 1.807) is 5.57 Å². The van der Waals surface area contributed by atoms with E-state index in [1.165, 1.54) is 54.2 Å². The summed E-state index contributed by atoms with van der Waals surface area (Å²) < 4.78 is 2.38. The Kier molecular flexibility index (Phi) is 6.09. The Morgan fingerprint density at radius 2 is 1.65 bits per heavy atom. The Balaban J connectivity index is 1.96. The fourth-order valence-electron chi connectivity index (χ4n) is 3.09. The number of nitrogens with zero attached hydrogens (tertiary/aromatic N) is 1. The highest BCUT2D eigenvalue weighted by molar-refractivity contribution is 14.1. The van der Waals surface area contributed by atoms with Crippen molar-refractivity contribution < 1.29 is 4.48 Å². The van der Waals surface area contributed by atoms with Crippen molar-refractivity contribution in [1.29, 1.82) is 0 Å². The van der Waals surface area contributed by atoms with Gasteiger partial charge in [0.25, 0.3) is 0 Å². The SMILES string of the molecule is C[N+](C)(C/C1=C/CCCCCC1)Cc1ccc(I)cc1. The van der Waals surface area contributed by atoms with E-state index in [-0.39, 0.29) is 0 Å². The smallest absolute Gasteiger partial charge is 0.104 e. The van der Waals surface area contributed by atoms with Crippen molar-refractivity contribution in [1.82, 2.24) is 0 Å². The predicted molar refractivity (Wildman–Crippen MR) is 95.6 cm³/mol. The van der Waals surface area contributed by atoms with Crippen molar-refractivity contribution in [3.63, 3.8) is 0 Å². The average molecular weight is 384 g/mol. The molecule has 0 atom stereocenters. The number of benzene rings is 1. The first-order chi connectivity index (χ1) is 9.55. The van der Waals surface area contributed by atoms with Gasteiger partial charge in [-0.1, -0.05) is 31.1 Å². The van der Waals surface area contributed by atoms with Crippen LogP contribution < -0.4 is 0 Å². The normalized spacial score (nSPS) is 19.9. The Bertz CT molecular complexity index is 445. The number of quaternary nitrogens is 1. The second-order valence-corrected chi connectivity index (χ2v) is 7.94. The standard InChI is InChI=1S/C18H27IN/c1-20(2,15-17-10-12-18(19)13-11-17)14-16-8-6-4-3-5-7-9-16/h8,10-13H,3-7,9,14-15H2,1-2H3/q+1/b16-8+. The summed E-state index contributed by atoms with van der Waals surface area (Å²) in [7, 11) is 4.72. The van der Waals surface area contributed by atoms with Crippen LogP contribution in [0, 0.1) is 3.57 Å². The largest absolute Gasteiger partial charge is 0.321 e. The van der Waals surface area contributed by atoms with Crippen LogP contribution >= 0.6 is 22.6 Å². The molecule has 0 aliphatic heterocycles. The third-order valence-electron chi connectivity index (χ3n) is 4.04. The zero-order valence-electron chi connectivity index (χ0n) is 12.9. The third-order valence-corrected chi connectivity index (χ3v) is 4.76. The highest BCUT2D eigenvalue weighted by Gasteiger charge is 2.18. The van der Waals surface area contributed by atoms with Crippen molar-refractivity contribution in [2.75, 3.05) is 20.6 Å². The molecule has 0 aromatic heterocycles. The maximum absolute atomic E-state index is 2.52. The molecule has 0 saturated carbocycles. The van der Waals surface area contributed by atoms with Crippen molar-refractivity contribution in [2.24, 2.45) is 0 Å². The number of halogens is 1. The van der Waals surface area contributed by atoms with Gasteiger partial charge in [-0.2, -0.15) is 0 Å². The second-order valence-electron chi connectivity index (χ2n) is 6.69. The van der Waals surface area contributed by atoms with Crippen LogP contribution in [0.1, 0.15) is 44.1 Å². The molecule has 1 aliphatic rings. The molecule has 0 heterocycles. The maximum Gasteiger partial charge on any atom is 0.104 e. The van der Waals surface area contributed by atoms with E-state index in [0.29, 0.717) is 0 Å². The van der Waals surface area contributed by atoms with E-state index >= 15 is 0 Å². The van der Waals surface area contributed by atoms with Gasteiger partial charge in [0.2, 0.25) is 0 Å². The van der Waals surface area contributed by atoms with Gasteiger partial charge in [0.15, 0.2) is 0 Å². The van der Waals surface area contributed by atoms with Crippen LogP contribution in [0.15, 0.2) is 35.9 Å². The van der Waals surface area contributed by atoms with Gasteiger partial charge in [0, 0.05) is 9.13 Å². The summed E-state index contributed by atoms with van der Waals surface area (Å²) in [6.07, 6.45) is 10.7. The van der Waals surface area contributed by atoms with Crippen molar-refractivity contribution in [2.45, 2.75) is 45.1 Å². The van der Waals surface area contributed by atoms with E-state index in [0.717, 1.165) is 11.0 Å². The summed E-state index contributed by atoms with van der Waals surface area (Å²) in [5, 5.41) is 0. The quantitative estimate of drug-likeness (QED) is 0.383. The molecule has 110 valence electrons. The highest BCUT2D eigenvalue weighted by atomic mass is 127. The van der Waals surface area contributed by atoms with Crippen LogP contribution in [0.2, 0.25) is 0 Å². The van der Waals surface area contributed by atoms with Gasteiger partial charge in [-0.25, -0.2) is 0 Å². The summed E-state index contributed by atoms with van der Waals surface area (Å²) in [4.78, 5) is 0. The first-order valence-electron chi connectivity index (χ1n) is 7.79. The van der Waals surface area contributed by atoms with Crippen molar-refractivity contribution in [3.8, 4) is 0 Å². The first-order valence-corrected chi connectivity index (χ1v) is 8.87.